The summed E-state index contributed by atoms with van der Waals surface area (Å²) < 4.78 is 4.70. The van der Waals surface area contributed by atoms with Gasteiger partial charge in [-0.1, -0.05) is 0 Å². The molecule has 0 aliphatic rings. The van der Waals surface area contributed by atoms with Gasteiger partial charge in [-0.2, -0.15) is 0 Å². The van der Waals surface area contributed by atoms with Crippen LogP contribution in [0.3, 0.4) is 0 Å². The molecule has 1 rings (SSSR count). The minimum atomic E-state index is -1.01. The predicted octanol–water partition coefficient (Wildman–Crippen LogP) is 0.915. The largest absolute Gasteiger partial charge is 0.479 e. The van der Waals surface area contributed by atoms with Crippen molar-refractivity contribution in [2.75, 3.05) is 7.11 Å². The Morgan fingerprint density at radius 1 is 1.91 bits per heavy atom. The molecule has 1 aromatic rings. The van der Waals surface area contributed by atoms with Crippen molar-refractivity contribution in [3.05, 3.63) is 16.6 Å². The number of carboxylic acid groups (broad SMARTS) is 1. The van der Waals surface area contributed by atoms with Crippen molar-refractivity contribution in [3.63, 3.8) is 0 Å². The molecule has 0 amide bonds. The number of aliphatic carboxylic acids is 1. The van der Waals surface area contributed by atoms with E-state index in [0.717, 1.165) is 0 Å². The molecule has 0 saturated heterocycles. The highest BCUT2D eigenvalue weighted by atomic mass is 32.1. The highest BCUT2D eigenvalue weighted by Gasteiger charge is 2.20. The van der Waals surface area contributed by atoms with Gasteiger partial charge in [0.25, 0.3) is 0 Å². The number of methoxy groups -OCH3 is 1. The van der Waals surface area contributed by atoms with Crippen LogP contribution in [-0.4, -0.2) is 23.2 Å². The Balaban J connectivity index is 2.79. The zero-order valence-corrected chi connectivity index (χ0v) is 6.67. The molecule has 0 saturated carbocycles. The third kappa shape index (κ3) is 1.75. The third-order valence-electron chi connectivity index (χ3n) is 1.14. The number of hydrogen-bond acceptors (Lipinski definition) is 4. The van der Waals surface area contributed by atoms with Crippen molar-refractivity contribution < 1.29 is 14.6 Å². The van der Waals surface area contributed by atoms with E-state index in [9.17, 15) is 4.79 Å². The Labute approximate surface area is 67.5 Å². The van der Waals surface area contributed by atoms with Gasteiger partial charge in [0.05, 0.1) is 0 Å². The number of ether oxygens (including phenoxy) is 1. The molecule has 0 bridgehead atoms. The van der Waals surface area contributed by atoms with E-state index in [1.807, 2.05) is 0 Å². The molecule has 0 aromatic carbocycles. The van der Waals surface area contributed by atoms with Crippen LogP contribution in [0.15, 0.2) is 11.6 Å². The number of aromatic nitrogens is 1. The van der Waals surface area contributed by atoms with Crippen molar-refractivity contribution >= 4 is 17.3 Å². The van der Waals surface area contributed by atoms with Gasteiger partial charge in [-0.25, -0.2) is 9.78 Å². The lowest BCUT2D eigenvalue weighted by atomic mass is 10.4. The number of carboxylic acids is 1. The van der Waals surface area contributed by atoms with Gasteiger partial charge in [-0.15, -0.1) is 11.3 Å². The van der Waals surface area contributed by atoms with Crippen LogP contribution in [0, 0.1) is 0 Å². The van der Waals surface area contributed by atoms with Crippen LogP contribution in [0.25, 0.3) is 0 Å². The molecule has 0 spiro atoms. The Morgan fingerprint density at radius 2 is 2.64 bits per heavy atom. The number of thiazole rings is 1. The predicted molar refractivity (Wildman–Crippen MR) is 39.5 cm³/mol. The second-order valence-electron chi connectivity index (χ2n) is 1.82. The van der Waals surface area contributed by atoms with Crippen LogP contribution < -0.4 is 0 Å². The van der Waals surface area contributed by atoms with Gasteiger partial charge in [-0.3, -0.25) is 0 Å². The quantitative estimate of drug-likeness (QED) is 0.738. The van der Waals surface area contributed by atoms with Gasteiger partial charge in [0, 0.05) is 18.7 Å². The zero-order valence-electron chi connectivity index (χ0n) is 5.85. The first-order valence-corrected chi connectivity index (χ1v) is 3.78. The fourth-order valence-electron chi connectivity index (χ4n) is 0.671. The molecule has 1 N–H and O–H groups in total. The summed E-state index contributed by atoms with van der Waals surface area (Å²) in [6.45, 7) is 0. The van der Waals surface area contributed by atoms with E-state index in [1.54, 1.807) is 11.6 Å². The summed E-state index contributed by atoms with van der Waals surface area (Å²) in [6, 6.07) is 0. The standard InChI is InChI=1S/C6H7NO3S/c1-10-4(6(8)9)5-7-2-3-11-5/h2-4H,1H3,(H,8,9)/t4-/m1/s1. The maximum Gasteiger partial charge on any atom is 0.340 e. The van der Waals surface area contributed by atoms with Crippen LogP contribution in [0.1, 0.15) is 11.1 Å². The van der Waals surface area contributed by atoms with Crippen molar-refractivity contribution in [2.45, 2.75) is 6.10 Å². The maximum atomic E-state index is 10.5. The zero-order chi connectivity index (χ0) is 8.27. The minimum Gasteiger partial charge on any atom is -0.479 e. The van der Waals surface area contributed by atoms with Crippen LogP contribution in [-0.2, 0) is 9.53 Å². The lowest BCUT2D eigenvalue weighted by molar-refractivity contribution is -0.148. The summed E-state index contributed by atoms with van der Waals surface area (Å²) in [5.74, 6) is -1.01. The molecule has 60 valence electrons. The van der Waals surface area contributed by atoms with Gasteiger partial charge in [0.2, 0.25) is 6.10 Å². The molecule has 1 heterocycles. The molecule has 0 aliphatic carbocycles. The minimum absolute atomic E-state index is 0.472. The van der Waals surface area contributed by atoms with E-state index >= 15 is 0 Å². The molecular formula is C6H7NO3S. The molecule has 1 aromatic heterocycles. The SMILES string of the molecule is CO[C@@H](C(=O)O)c1nccs1. The first-order valence-electron chi connectivity index (χ1n) is 2.90. The van der Waals surface area contributed by atoms with E-state index in [0.29, 0.717) is 5.01 Å². The van der Waals surface area contributed by atoms with Crippen molar-refractivity contribution in [1.82, 2.24) is 4.98 Å². The van der Waals surface area contributed by atoms with E-state index in [2.05, 4.69) is 4.98 Å². The maximum absolute atomic E-state index is 10.5. The van der Waals surface area contributed by atoms with E-state index in [1.165, 1.54) is 18.4 Å². The lowest BCUT2D eigenvalue weighted by Crippen LogP contribution is -2.12. The van der Waals surface area contributed by atoms with Crippen LogP contribution in [0.2, 0.25) is 0 Å². The highest BCUT2D eigenvalue weighted by molar-refractivity contribution is 7.09. The summed E-state index contributed by atoms with van der Waals surface area (Å²) in [5, 5.41) is 10.8. The first kappa shape index (κ1) is 8.16. The molecule has 11 heavy (non-hydrogen) atoms. The Morgan fingerprint density at radius 3 is 3.00 bits per heavy atom. The van der Waals surface area contributed by atoms with Gasteiger partial charge in [0.15, 0.2) is 0 Å². The highest BCUT2D eigenvalue weighted by Crippen LogP contribution is 2.18. The molecule has 0 radical (unpaired) electrons. The van der Waals surface area contributed by atoms with Gasteiger partial charge >= 0.3 is 5.97 Å². The van der Waals surface area contributed by atoms with E-state index in [-0.39, 0.29) is 0 Å². The van der Waals surface area contributed by atoms with Gasteiger partial charge in [0.1, 0.15) is 5.01 Å². The summed E-state index contributed by atoms with van der Waals surface area (Å²) in [7, 11) is 1.35. The second-order valence-corrected chi connectivity index (χ2v) is 2.75. The summed E-state index contributed by atoms with van der Waals surface area (Å²) in [5.41, 5.74) is 0. The number of rotatable bonds is 3. The first-order chi connectivity index (χ1) is 5.25. The fraction of sp³-hybridized carbons (Fsp3) is 0.333. The van der Waals surface area contributed by atoms with Crippen LogP contribution in [0.4, 0.5) is 0 Å². The number of carbonyl (C=O) groups is 1. The normalized spacial score (nSPS) is 12.8. The van der Waals surface area contributed by atoms with Crippen molar-refractivity contribution in [2.24, 2.45) is 0 Å². The van der Waals surface area contributed by atoms with E-state index < -0.39 is 12.1 Å². The van der Waals surface area contributed by atoms with Crippen molar-refractivity contribution in [1.29, 1.82) is 0 Å². The Kier molecular flexibility index (Phi) is 2.56. The van der Waals surface area contributed by atoms with Gasteiger partial charge < -0.3 is 9.84 Å². The van der Waals surface area contributed by atoms with Crippen LogP contribution >= 0.6 is 11.3 Å². The van der Waals surface area contributed by atoms with Crippen molar-refractivity contribution in [3.8, 4) is 0 Å². The smallest absolute Gasteiger partial charge is 0.340 e. The third-order valence-corrected chi connectivity index (χ3v) is 1.95. The second kappa shape index (κ2) is 3.45. The number of nitrogens with zero attached hydrogens (tertiary/aromatic N) is 1. The van der Waals surface area contributed by atoms with E-state index in [4.69, 9.17) is 9.84 Å². The Bertz CT molecular complexity index is 234. The molecule has 0 aliphatic heterocycles. The van der Waals surface area contributed by atoms with Crippen LogP contribution in [0.5, 0.6) is 0 Å². The lowest BCUT2D eigenvalue weighted by Gasteiger charge is -2.04. The molecule has 4 nitrogen and oxygen atoms in total. The fourth-order valence-corrected chi connectivity index (χ4v) is 1.37. The molecular weight excluding hydrogens is 166 g/mol. The number of hydrogen-bond donors (Lipinski definition) is 1. The summed E-state index contributed by atoms with van der Waals surface area (Å²) in [6.07, 6.45) is 0.629. The average molecular weight is 173 g/mol. The molecule has 0 unspecified atom stereocenters. The summed E-state index contributed by atoms with van der Waals surface area (Å²) in [4.78, 5) is 14.3. The topological polar surface area (TPSA) is 59.4 Å². The molecule has 5 heteroatoms. The molecule has 1 atom stereocenters. The Hall–Kier alpha value is -0.940. The van der Waals surface area contributed by atoms with Gasteiger partial charge in [-0.05, 0) is 0 Å². The monoisotopic (exact) mass is 173 g/mol. The average Bonchev–Trinajstić information content (AvgIpc) is 2.40. The molecule has 0 fully saturated rings. The summed E-state index contributed by atoms with van der Waals surface area (Å²) >= 11 is 1.27.